The van der Waals surface area contributed by atoms with Gasteiger partial charge in [-0.25, -0.2) is 4.39 Å². The molecular weight excluding hydrogens is 237 g/mol. The van der Waals surface area contributed by atoms with Crippen LogP contribution in [0.1, 0.15) is 0 Å². The quantitative estimate of drug-likeness (QED) is 0.347. The highest BCUT2D eigenvalue weighted by Crippen LogP contribution is 2.27. The monoisotopic (exact) mass is 245 g/mol. The molecule has 0 saturated heterocycles. The van der Waals surface area contributed by atoms with Gasteiger partial charge in [-0.3, -0.25) is 10.1 Å². The summed E-state index contributed by atoms with van der Waals surface area (Å²) in [6.45, 7) is 3.64. The van der Waals surface area contributed by atoms with Gasteiger partial charge < -0.3 is 4.74 Å². The summed E-state index contributed by atoms with van der Waals surface area (Å²) in [5, 5.41) is 10.6. The highest BCUT2D eigenvalue weighted by Gasteiger charge is 2.16. The fourth-order valence-corrected chi connectivity index (χ4v) is 1.05. The lowest BCUT2D eigenvalue weighted by molar-refractivity contribution is -0.386. The Bertz CT molecular complexity index is 423. The lowest BCUT2D eigenvalue weighted by Crippen LogP contribution is -2.03. The van der Waals surface area contributed by atoms with Gasteiger partial charge >= 0.3 is 5.69 Å². The second kappa shape index (κ2) is 5.46. The summed E-state index contributed by atoms with van der Waals surface area (Å²) in [6.07, 6.45) is 0. The summed E-state index contributed by atoms with van der Waals surface area (Å²) in [6, 6.07) is 3.10. The van der Waals surface area contributed by atoms with E-state index in [1.807, 2.05) is 0 Å². The highest BCUT2D eigenvalue weighted by molar-refractivity contribution is 6.19. The van der Waals surface area contributed by atoms with E-state index in [2.05, 4.69) is 6.58 Å². The molecule has 0 aliphatic carbocycles. The van der Waals surface area contributed by atoms with Crippen LogP contribution in [0.25, 0.3) is 0 Å². The van der Waals surface area contributed by atoms with Crippen LogP contribution in [0.4, 0.5) is 10.1 Å². The Kier molecular flexibility index (Phi) is 4.25. The molecule has 0 bridgehead atoms. The lowest BCUT2D eigenvalue weighted by Gasteiger charge is -2.06. The Morgan fingerprint density at radius 2 is 2.31 bits per heavy atom. The lowest BCUT2D eigenvalue weighted by atomic mass is 10.3. The predicted octanol–water partition coefficient (Wildman–Crippen LogP) is 2.91. The Morgan fingerprint density at radius 3 is 2.88 bits per heavy atom. The molecule has 0 aliphatic rings. The van der Waals surface area contributed by atoms with Crippen LogP contribution in [-0.4, -0.2) is 17.4 Å². The van der Waals surface area contributed by atoms with Crippen LogP contribution in [0, 0.1) is 15.9 Å². The van der Waals surface area contributed by atoms with Gasteiger partial charge in [0, 0.05) is 5.88 Å². The first kappa shape index (κ1) is 12.4. The van der Waals surface area contributed by atoms with Gasteiger partial charge in [0.05, 0.1) is 11.0 Å². The maximum absolute atomic E-state index is 12.8. The molecule has 0 spiro atoms. The molecule has 1 aromatic rings. The maximum Gasteiger partial charge on any atom is 0.313 e. The van der Waals surface area contributed by atoms with Crippen molar-refractivity contribution in [3.8, 4) is 5.75 Å². The van der Waals surface area contributed by atoms with Gasteiger partial charge in [0.1, 0.15) is 12.4 Å². The van der Waals surface area contributed by atoms with Crippen molar-refractivity contribution in [3.63, 3.8) is 0 Å². The summed E-state index contributed by atoms with van der Waals surface area (Å²) in [5.74, 6) is -0.484. The highest BCUT2D eigenvalue weighted by atomic mass is 35.5. The number of alkyl halides is 1. The fraction of sp³-hybridized carbons (Fsp3) is 0.200. The molecule has 0 aliphatic heterocycles. The van der Waals surface area contributed by atoms with Crippen LogP contribution in [0.15, 0.2) is 30.4 Å². The molecule has 0 unspecified atom stereocenters. The minimum atomic E-state index is -0.706. The van der Waals surface area contributed by atoms with Crippen LogP contribution in [0.3, 0.4) is 0 Å². The minimum Gasteiger partial charge on any atom is -0.482 e. The molecule has 0 heterocycles. The average Bonchev–Trinajstić information content (AvgIpc) is 2.26. The molecule has 0 radical (unpaired) electrons. The third-order valence-corrected chi connectivity index (χ3v) is 2.12. The van der Waals surface area contributed by atoms with Gasteiger partial charge in [-0.2, -0.15) is 0 Å². The van der Waals surface area contributed by atoms with Crippen molar-refractivity contribution >= 4 is 17.3 Å². The Labute approximate surface area is 96.4 Å². The van der Waals surface area contributed by atoms with Crippen molar-refractivity contribution in [3.05, 3.63) is 46.3 Å². The number of benzene rings is 1. The normalized spacial score (nSPS) is 9.88. The molecule has 0 N–H and O–H groups in total. The van der Waals surface area contributed by atoms with Crippen LogP contribution in [0.5, 0.6) is 5.75 Å². The number of rotatable bonds is 5. The standard InChI is InChI=1S/C10H9ClFNO3/c1-7(5-11)6-16-10-3-2-8(12)4-9(10)13(14)15/h2-4H,1,5-6H2. The van der Waals surface area contributed by atoms with E-state index in [9.17, 15) is 14.5 Å². The predicted molar refractivity (Wildman–Crippen MR) is 58.4 cm³/mol. The number of ether oxygens (including phenoxy) is 1. The minimum absolute atomic E-state index is 0.00216. The maximum atomic E-state index is 12.8. The van der Waals surface area contributed by atoms with E-state index >= 15 is 0 Å². The zero-order valence-electron chi connectivity index (χ0n) is 8.28. The molecule has 16 heavy (non-hydrogen) atoms. The van der Waals surface area contributed by atoms with E-state index in [-0.39, 0.29) is 18.2 Å². The van der Waals surface area contributed by atoms with Gasteiger partial charge in [-0.1, -0.05) is 6.58 Å². The van der Waals surface area contributed by atoms with E-state index in [0.717, 1.165) is 12.1 Å². The summed E-state index contributed by atoms with van der Waals surface area (Å²) < 4.78 is 17.9. The zero-order valence-corrected chi connectivity index (χ0v) is 9.04. The van der Waals surface area contributed by atoms with E-state index in [1.165, 1.54) is 6.07 Å². The molecule has 4 nitrogen and oxygen atoms in total. The number of nitrogens with zero attached hydrogens (tertiary/aromatic N) is 1. The third kappa shape index (κ3) is 3.20. The Hall–Kier alpha value is -1.62. The molecule has 0 aromatic heterocycles. The molecule has 0 atom stereocenters. The molecule has 0 fully saturated rings. The molecule has 86 valence electrons. The van der Waals surface area contributed by atoms with Gasteiger partial charge in [-0.15, -0.1) is 11.6 Å². The van der Waals surface area contributed by atoms with Gasteiger partial charge in [0.15, 0.2) is 5.75 Å². The number of halogens is 2. The van der Waals surface area contributed by atoms with Crippen molar-refractivity contribution in [2.75, 3.05) is 12.5 Å². The second-order valence-electron chi connectivity index (χ2n) is 3.04. The Balaban J connectivity index is 2.87. The molecule has 0 amide bonds. The van der Waals surface area contributed by atoms with E-state index in [4.69, 9.17) is 16.3 Å². The smallest absolute Gasteiger partial charge is 0.313 e. The SMILES string of the molecule is C=C(CCl)COc1ccc(F)cc1[N+](=O)[O-]. The van der Waals surface area contributed by atoms with Crippen molar-refractivity contribution in [2.45, 2.75) is 0 Å². The number of nitro benzene ring substituents is 1. The van der Waals surface area contributed by atoms with Crippen LogP contribution in [-0.2, 0) is 0 Å². The van der Waals surface area contributed by atoms with E-state index in [1.54, 1.807) is 0 Å². The molecule has 1 aromatic carbocycles. The zero-order chi connectivity index (χ0) is 12.1. The van der Waals surface area contributed by atoms with Crippen molar-refractivity contribution < 1.29 is 14.1 Å². The van der Waals surface area contributed by atoms with Crippen molar-refractivity contribution in [1.82, 2.24) is 0 Å². The summed E-state index contributed by atoms with van der Waals surface area (Å²) >= 11 is 5.47. The topological polar surface area (TPSA) is 52.4 Å². The van der Waals surface area contributed by atoms with Crippen LogP contribution >= 0.6 is 11.6 Å². The molecule has 0 saturated carbocycles. The summed E-state index contributed by atoms with van der Waals surface area (Å²) in [5.41, 5.74) is 0.169. The van der Waals surface area contributed by atoms with Crippen molar-refractivity contribution in [1.29, 1.82) is 0 Å². The largest absolute Gasteiger partial charge is 0.482 e. The number of nitro groups is 1. The summed E-state index contributed by atoms with van der Waals surface area (Å²) in [4.78, 5) is 9.89. The first-order valence-corrected chi connectivity index (χ1v) is 4.87. The second-order valence-corrected chi connectivity index (χ2v) is 3.31. The Morgan fingerprint density at radius 1 is 1.62 bits per heavy atom. The molecular formula is C10H9ClFNO3. The number of hydrogen-bond donors (Lipinski definition) is 0. The fourth-order valence-electron chi connectivity index (χ4n) is 0.974. The van der Waals surface area contributed by atoms with E-state index < -0.39 is 16.4 Å². The van der Waals surface area contributed by atoms with Gasteiger partial charge in [0.25, 0.3) is 0 Å². The summed E-state index contributed by atoms with van der Waals surface area (Å²) in [7, 11) is 0. The van der Waals surface area contributed by atoms with Crippen molar-refractivity contribution in [2.24, 2.45) is 0 Å². The first-order valence-electron chi connectivity index (χ1n) is 4.34. The number of hydrogen-bond acceptors (Lipinski definition) is 3. The van der Waals surface area contributed by atoms with Crippen LogP contribution in [0.2, 0.25) is 0 Å². The first-order chi connectivity index (χ1) is 7.54. The average molecular weight is 246 g/mol. The third-order valence-electron chi connectivity index (χ3n) is 1.74. The van der Waals surface area contributed by atoms with Gasteiger partial charge in [0.2, 0.25) is 0 Å². The van der Waals surface area contributed by atoms with Gasteiger partial charge in [-0.05, 0) is 17.7 Å². The van der Waals surface area contributed by atoms with Crippen LogP contribution < -0.4 is 4.74 Å². The molecule has 6 heteroatoms. The molecule has 1 rings (SSSR count). The van der Waals surface area contributed by atoms with E-state index in [0.29, 0.717) is 5.57 Å².